The van der Waals surface area contributed by atoms with Gasteiger partial charge in [-0.1, -0.05) is 75.9 Å². The number of benzene rings is 4. The Kier molecular flexibility index (Phi) is 15.3. The van der Waals surface area contributed by atoms with Crippen molar-refractivity contribution in [2.24, 2.45) is 0 Å². The second-order valence-corrected chi connectivity index (χ2v) is 16.6. The van der Waals surface area contributed by atoms with Crippen LogP contribution in [0.4, 0.5) is 0 Å². The number of allylic oxidation sites excluding steroid dienone is 4. The first-order valence-corrected chi connectivity index (χ1v) is 17.9. The van der Waals surface area contributed by atoms with E-state index in [4.69, 9.17) is 0 Å². The van der Waals surface area contributed by atoms with E-state index in [1.807, 2.05) is 24.3 Å². The normalized spacial score (nSPS) is 12.1. The maximum atomic E-state index is 3.50. The zero-order valence-corrected chi connectivity index (χ0v) is 35.1. The van der Waals surface area contributed by atoms with E-state index in [1.54, 1.807) is 0 Å². The molecule has 0 N–H and O–H groups in total. The summed E-state index contributed by atoms with van der Waals surface area (Å²) in [6.45, 7) is 18.3. The van der Waals surface area contributed by atoms with Crippen molar-refractivity contribution in [1.82, 2.24) is 0 Å². The number of aryl methyl sites for hydroxylation is 2. The fourth-order valence-corrected chi connectivity index (χ4v) is 7.31. The van der Waals surface area contributed by atoms with Crippen molar-refractivity contribution in [3.63, 3.8) is 0 Å². The summed E-state index contributed by atoms with van der Waals surface area (Å²) in [6.07, 6.45) is 10.0. The van der Waals surface area contributed by atoms with Crippen LogP contribution in [-0.4, -0.2) is 3.21 Å². The fraction of sp³-hybridized carbons (Fsp3) is 0.268. The number of halogens is 4. The van der Waals surface area contributed by atoms with Crippen LogP contribution >= 0.6 is 31.9 Å². The zero-order valence-electron chi connectivity index (χ0n) is 28.0. The van der Waals surface area contributed by atoms with Gasteiger partial charge in [-0.05, 0) is 24.7 Å². The molecule has 5 aromatic carbocycles. The average Bonchev–Trinajstić information content (AvgIpc) is 3.62. The van der Waals surface area contributed by atoms with E-state index in [1.165, 1.54) is 82.4 Å². The van der Waals surface area contributed by atoms with Crippen molar-refractivity contribution in [3.05, 3.63) is 145 Å². The number of rotatable bonds is 2. The van der Waals surface area contributed by atoms with Crippen LogP contribution in [0.1, 0.15) is 81.3 Å². The largest absolute Gasteiger partial charge is 1.00 e. The summed E-state index contributed by atoms with van der Waals surface area (Å²) in [4.78, 5) is 0. The smallest absolute Gasteiger partial charge is 0.0142 e. The standard InChI is InChI=1S/C23H29.C13H8Br2.C5H5.2ClH.Zr/c1-14-9-16-11-17-10-15(2)21(23(6,7)8)13-19(17)18(16)12-20(14)22(3,4)5;14-12-5-1-3-10(8-12)7-11-4-2-6-13(15)9-11;1-2-4-5-3-1;;;/h9-13H,1-8H3;1-6,8-9H;1-3H,4H2;2*1H;/q-1;;-1;;;+2/p-2. The van der Waals surface area contributed by atoms with Crippen molar-refractivity contribution in [3.8, 4) is 0 Å². The summed E-state index contributed by atoms with van der Waals surface area (Å²) in [6, 6.07) is 28.8. The third-order valence-corrected chi connectivity index (χ3v) is 10.2. The van der Waals surface area contributed by atoms with E-state index in [0.29, 0.717) is 0 Å². The van der Waals surface area contributed by atoms with Gasteiger partial charge in [-0.15, -0.1) is 46.2 Å². The number of hydrogen-bond acceptors (Lipinski definition) is 0. The van der Waals surface area contributed by atoms with Gasteiger partial charge in [-0.25, -0.2) is 12.2 Å². The van der Waals surface area contributed by atoms with Crippen LogP contribution < -0.4 is 24.8 Å². The first kappa shape index (κ1) is 40.7. The summed E-state index contributed by atoms with van der Waals surface area (Å²) in [5, 5.41) is 5.55. The molecule has 0 saturated heterocycles. The van der Waals surface area contributed by atoms with Gasteiger partial charge < -0.3 is 24.8 Å². The molecule has 0 atom stereocenters. The topological polar surface area (TPSA) is 0 Å². The van der Waals surface area contributed by atoms with Crippen LogP contribution in [0.5, 0.6) is 0 Å². The zero-order chi connectivity index (χ0) is 32.2. The monoisotopic (exact) mass is 852 g/mol. The van der Waals surface area contributed by atoms with Crippen LogP contribution in [0.3, 0.4) is 0 Å². The summed E-state index contributed by atoms with van der Waals surface area (Å²) in [7, 11) is 0. The molecule has 0 saturated carbocycles. The van der Waals surface area contributed by atoms with Gasteiger partial charge in [0.15, 0.2) is 0 Å². The predicted octanol–water partition coefficient (Wildman–Crippen LogP) is 6.56. The van der Waals surface area contributed by atoms with E-state index < -0.39 is 0 Å². The molecule has 5 heteroatoms. The van der Waals surface area contributed by atoms with Crippen molar-refractivity contribution in [1.29, 1.82) is 0 Å². The maximum Gasteiger partial charge on any atom is -0.0142 e. The molecule has 1 aliphatic carbocycles. The van der Waals surface area contributed by atoms with E-state index in [0.717, 1.165) is 15.4 Å². The Morgan fingerprint density at radius 2 is 1.13 bits per heavy atom. The van der Waals surface area contributed by atoms with E-state index in [9.17, 15) is 0 Å². The number of fused-ring (bicyclic) bond motifs is 3. The molecular weight excluding hydrogens is 814 g/mol. The average molecular weight is 857 g/mol. The van der Waals surface area contributed by atoms with Gasteiger partial charge in [0, 0.05) is 0 Å². The SMILES string of the molecule is Brc1cccc([C](=[Zr+2])c2cccc(Br)c2)c1.Cc1cc2[cH-]c3cc(C)c(C(C)(C)C)cc3c2cc1C(C)(C)C.[C-]1=CC=CC1.[Cl-].[Cl-]. The van der Waals surface area contributed by atoms with Crippen LogP contribution in [0, 0.1) is 19.9 Å². The molecule has 0 aliphatic heterocycles. The fourth-order valence-electron chi connectivity index (χ4n) is 5.74. The summed E-state index contributed by atoms with van der Waals surface area (Å²) < 4.78 is 3.62. The second-order valence-electron chi connectivity index (χ2n) is 13.6. The van der Waals surface area contributed by atoms with Crippen LogP contribution in [0.2, 0.25) is 0 Å². The Hall–Kier alpha value is -1.48. The molecule has 5 aromatic rings. The van der Waals surface area contributed by atoms with Gasteiger partial charge in [0.1, 0.15) is 0 Å². The Morgan fingerprint density at radius 3 is 1.43 bits per heavy atom. The molecule has 240 valence electrons. The minimum atomic E-state index is 0. The third-order valence-electron chi connectivity index (χ3n) is 7.82. The van der Waals surface area contributed by atoms with Gasteiger partial charge in [-0.2, -0.15) is 6.08 Å². The van der Waals surface area contributed by atoms with Crippen molar-refractivity contribution in [2.45, 2.75) is 72.6 Å². The maximum absolute atomic E-state index is 3.50. The molecule has 0 fully saturated rings. The quantitative estimate of drug-likeness (QED) is 0.177. The molecule has 0 spiro atoms. The van der Waals surface area contributed by atoms with Crippen molar-refractivity contribution < 1.29 is 49.0 Å². The van der Waals surface area contributed by atoms with Crippen molar-refractivity contribution >= 4 is 56.6 Å². The molecular formula is C41H42Br2Cl2Zr-2. The molecule has 1 aliphatic rings. The number of hydrogen-bond donors (Lipinski definition) is 0. The van der Waals surface area contributed by atoms with Crippen molar-refractivity contribution in [2.75, 3.05) is 0 Å². The molecule has 6 rings (SSSR count). The minimum Gasteiger partial charge on any atom is -1.00 e. The molecule has 0 nitrogen and oxygen atoms in total. The van der Waals surface area contributed by atoms with Gasteiger partial charge in [-0.3, -0.25) is 6.08 Å². The van der Waals surface area contributed by atoms with Gasteiger partial charge in [0.25, 0.3) is 0 Å². The molecule has 0 radical (unpaired) electrons. The molecule has 0 amide bonds. The minimum absolute atomic E-state index is 0. The van der Waals surface area contributed by atoms with Crippen LogP contribution in [0.15, 0.2) is 106 Å². The summed E-state index contributed by atoms with van der Waals surface area (Å²) in [5.41, 5.74) is 8.63. The Labute approximate surface area is 320 Å². The van der Waals surface area contributed by atoms with E-state index in [-0.39, 0.29) is 35.6 Å². The van der Waals surface area contributed by atoms with E-state index >= 15 is 0 Å². The third kappa shape index (κ3) is 10.5. The van der Waals surface area contributed by atoms with Gasteiger partial charge >= 0.3 is 128 Å². The Balaban J connectivity index is 0.000000278. The van der Waals surface area contributed by atoms with Crippen LogP contribution in [-0.2, 0) is 35.1 Å². The Morgan fingerprint density at radius 1 is 0.696 bits per heavy atom. The van der Waals surface area contributed by atoms with Crippen LogP contribution in [0.25, 0.3) is 21.5 Å². The van der Waals surface area contributed by atoms with Gasteiger partial charge in [0.05, 0.1) is 0 Å². The summed E-state index contributed by atoms with van der Waals surface area (Å²) >= 11 is 8.43. The molecule has 0 unspecified atom stereocenters. The molecule has 46 heavy (non-hydrogen) atoms. The first-order valence-electron chi connectivity index (χ1n) is 15.1. The predicted molar refractivity (Wildman–Crippen MR) is 197 cm³/mol. The van der Waals surface area contributed by atoms with E-state index in [2.05, 4.69) is 166 Å². The Bertz CT molecular complexity index is 1730. The first-order chi connectivity index (χ1) is 20.6. The second kappa shape index (κ2) is 17.3. The molecule has 0 heterocycles. The molecule has 0 aromatic heterocycles. The van der Waals surface area contributed by atoms with Gasteiger partial charge in [0.2, 0.25) is 0 Å². The summed E-state index contributed by atoms with van der Waals surface area (Å²) in [5.74, 6) is 0. The molecule has 0 bridgehead atoms.